The predicted molar refractivity (Wildman–Crippen MR) is 33.2 cm³/mol. The van der Waals surface area contributed by atoms with Gasteiger partial charge in [-0.05, 0) is 0 Å². The van der Waals surface area contributed by atoms with Crippen LogP contribution in [0.3, 0.4) is 0 Å². The van der Waals surface area contributed by atoms with Gasteiger partial charge in [-0.3, -0.25) is 5.11 Å². The number of ether oxygens (including phenoxy) is 1. The van der Waals surface area contributed by atoms with Crippen LogP contribution in [0.1, 0.15) is 0 Å². The van der Waals surface area contributed by atoms with Crippen molar-refractivity contribution in [3.05, 3.63) is 24.0 Å². The number of benzene rings is 1. The molecule has 0 atom stereocenters. The normalized spacial score (nSPS) is 10.3. The van der Waals surface area contributed by atoms with Gasteiger partial charge in [0.1, 0.15) is 11.6 Å². The highest BCUT2D eigenvalue weighted by molar-refractivity contribution is 5.32. The van der Waals surface area contributed by atoms with Gasteiger partial charge < -0.3 is 4.74 Å². The van der Waals surface area contributed by atoms with E-state index in [1.807, 2.05) is 0 Å². The topological polar surface area (TPSA) is 29.1 Å². The Balaban J connectivity index is 2.85. The molecule has 0 unspecified atom stereocenters. The van der Waals surface area contributed by atoms with E-state index < -0.39 is 23.9 Å². The molecular formula is C7H4F3O2. The highest BCUT2D eigenvalue weighted by Gasteiger charge is 2.07. The lowest BCUT2D eigenvalue weighted by atomic mass is 10.3. The molecule has 65 valence electrons. The van der Waals surface area contributed by atoms with Crippen LogP contribution < -0.4 is 4.74 Å². The molecule has 0 N–H and O–H groups in total. The van der Waals surface area contributed by atoms with Crippen molar-refractivity contribution in [2.45, 2.75) is 6.61 Å². The van der Waals surface area contributed by atoms with Gasteiger partial charge in [0.25, 0.3) is 0 Å². The molecule has 0 fully saturated rings. The highest BCUT2D eigenvalue weighted by Crippen LogP contribution is 2.22. The van der Waals surface area contributed by atoms with Crippen LogP contribution in [0.2, 0.25) is 0 Å². The molecule has 0 aliphatic rings. The van der Waals surface area contributed by atoms with Crippen molar-refractivity contribution in [1.82, 2.24) is 0 Å². The van der Waals surface area contributed by atoms with E-state index in [0.717, 1.165) is 6.07 Å². The molecule has 0 aliphatic heterocycles. The first-order valence-electron chi connectivity index (χ1n) is 3.00. The molecule has 0 bridgehead atoms. The van der Waals surface area contributed by atoms with Crippen LogP contribution in [-0.2, 0) is 5.11 Å². The third-order valence-electron chi connectivity index (χ3n) is 1.07. The van der Waals surface area contributed by atoms with Gasteiger partial charge in [-0.1, -0.05) is 0 Å². The maximum atomic E-state index is 12.4. The lowest BCUT2D eigenvalue weighted by Gasteiger charge is -2.03. The van der Waals surface area contributed by atoms with Crippen molar-refractivity contribution in [2.75, 3.05) is 0 Å². The minimum absolute atomic E-state index is 0.463. The van der Waals surface area contributed by atoms with Crippen LogP contribution in [0.5, 0.6) is 11.5 Å². The van der Waals surface area contributed by atoms with Crippen molar-refractivity contribution >= 4 is 0 Å². The summed E-state index contributed by atoms with van der Waals surface area (Å²) in [6.45, 7) is -3.05. The molecule has 12 heavy (non-hydrogen) atoms. The molecule has 0 spiro atoms. The summed E-state index contributed by atoms with van der Waals surface area (Å²) in [5.74, 6) is -2.06. The molecule has 1 radical (unpaired) electrons. The largest absolute Gasteiger partial charge is 0.435 e. The molecule has 1 rings (SSSR count). The summed E-state index contributed by atoms with van der Waals surface area (Å²) in [4.78, 5) is 0. The van der Waals surface area contributed by atoms with Crippen LogP contribution in [0.15, 0.2) is 18.2 Å². The van der Waals surface area contributed by atoms with Gasteiger partial charge in [0.05, 0.1) is 0 Å². The first-order chi connectivity index (χ1) is 5.58. The monoisotopic (exact) mass is 177 g/mol. The molecule has 0 saturated carbocycles. The fourth-order valence-electron chi connectivity index (χ4n) is 0.708. The molecular weight excluding hydrogens is 173 g/mol. The summed E-state index contributed by atoms with van der Waals surface area (Å²) in [7, 11) is 0. The van der Waals surface area contributed by atoms with Crippen LogP contribution >= 0.6 is 0 Å². The summed E-state index contributed by atoms with van der Waals surface area (Å²) in [5, 5.41) is 10.5. The maximum Gasteiger partial charge on any atom is 0.387 e. The molecule has 0 aromatic heterocycles. The van der Waals surface area contributed by atoms with Crippen LogP contribution in [0.25, 0.3) is 0 Å². The van der Waals surface area contributed by atoms with Crippen LogP contribution in [-0.4, -0.2) is 6.61 Å². The third kappa shape index (κ3) is 2.34. The van der Waals surface area contributed by atoms with E-state index in [4.69, 9.17) is 0 Å². The lowest BCUT2D eigenvalue weighted by molar-refractivity contribution is -0.0501. The average molecular weight is 177 g/mol. The van der Waals surface area contributed by atoms with Crippen molar-refractivity contribution in [1.29, 1.82) is 0 Å². The smallest absolute Gasteiger partial charge is 0.387 e. The Morgan fingerprint density at radius 2 is 1.92 bits per heavy atom. The summed E-state index contributed by atoms with van der Waals surface area (Å²) >= 11 is 0. The van der Waals surface area contributed by atoms with Crippen molar-refractivity contribution in [3.8, 4) is 11.5 Å². The van der Waals surface area contributed by atoms with E-state index in [1.54, 1.807) is 0 Å². The molecule has 0 amide bonds. The summed E-state index contributed by atoms with van der Waals surface area (Å²) in [6.07, 6.45) is 0. The van der Waals surface area contributed by atoms with Gasteiger partial charge in [-0.25, -0.2) is 4.39 Å². The third-order valence-corrected chi connectivity index (χ3v) is 1.07. The van der Waals surface area contributed by atoms with E-state index in [2.05, 4.69) is 4.74 Å². The molecule has 0 heterocycles. The average Bonchev–Trinajstić information content (AvgIpc) is 1.81. The standard InChI is InChI=1S/C7H4F3O2/c8-4-1-5(11)3-6(2-4)12-7(9)10/h1-3,7H. The Morgan fingerprint density at radius 1 is 1.25 bits per heavy atom. The van der Waals surface area contributed by atoms with E-state index in [0.29, 0.717) is 12.1 Å². The van der Waals surface area contributed by atoms with Crippen molar-refractivity contribution < 1.29 is 23.0 Å². The minimum atomic E-state index is -3.05. The second-order valence-electron chi connectivity index (χ2n) is 2.00. The Morgan fingerprint density at radius 3 is 2.42 bits per heavy atom. The molecule has 1 aromatic carbocycles. The van der Waals surface area contributed by atoms with Gasteiger partial charge in [0.2, 0.25) is 0 Å². The van der Waals surface area contributed by atoms with Gasteiger partial charge in [0, 0.05) is 18.2 Å². The first kappa shape index (κ1) is 8.70. The lowest BCUT2D eigenvalue weighted by Crippen LogP contribution is -2.01. The second-order valence-corrected chi connectivity index (χ2v) is 2.00. The quantitative estimate of drug-likeness (QED) is 0.682. The van der Waals surface area contributed by atoms with Crippen LogP contribution in [0, 0.1) is 5.82 Å². The van der Waals surface area contributed by atoms with E-state index >= 15 is 0 Å². The van der Waals surface area contributed by atoms with Crippen molar-refractivity contribution in [3.63, 3.8) is 0 Å². The fourth-order valence-corrected chi connectivity index (χ4v) is 0.708. The van der Waals surface area contributed by atoms with Gasteiger partial charge in [-0.15, -0.1) is 0 Å². The van der Waals surface area contributed by atoms with Gasteiger partial charge in [0.15, 0.2) is 5.75 Å². The SMILES string of the molecule is [O]c1cc(F)cc(OC(F)F)c1. The number of rotatable bonds is 2. The summed E-state index contributed by atoms with van der Waals surface area (Å²) < 4.78 is 39.2. The molecule has 5 heteroatoms. The molecule has 0 saturated heterocycles. The number of hydrogen-bond donors (Lipinski definition) is 0. The van der Waals surface area contributed by atoms with E-state index in [-0.39, 0.29) is 0 Å². The fraction of sp³-hybridized carbons (Fsp3) is 0.143. The summed E-state index contributed by atoms with van der Waals surface area (Å²) in [5.41, 5.74) is 0. The van der Waals surface area contributed by atoms with Gasteiger partial charge in [-0.2, -0.15) is 8.78 Å². The van der Waals surface area contributed by atoms with E-state index in [9.17, 15) is 18.3 Å². The Labute approximate surface area is 66.2 Å². The first-order valence-corrected chi connectivity index (χ1v) is 3.00. The van der Waals surface area contributed by atoms with Gasteiger partial charge >= 0.3 is 6.61 Å². The Hall–Kier alpha value is -1.39. The Kier molecular flexibility index (Phi) is 2.42. The zero-order valence-electron chi connectivity index (χ0n) is 5.76. The van der Waals surface area contributed by atoms with E-state index in [1.165, 1.54) is 0 Å². The van der Waals surface area contributed by atoms with Crippen LogP contribution in [0.4, 0.5) is 13.2 Å². The second kappa shape index (κ2) is 3.34. The maximum absolute atomic E-state index is 12.4. The Bertz CT molecular complexity index is 255. The summed E-state index contributed by atoms with van der Waals surface area (Å²) in [6, 6.07) is 2.18. The number of halogens is 3. The molecule has 0 aliphatic carbocycles. The number of hydrogen-bond acceptors (Lipinski definition) is 1. The minimum Gasteiger partial charge on any atom is -0.435 e. The molecule has 1 aromatic rings. The highest BCUT2D eigenvalue weighted by atomic mass is 19.3. The number of alkyl halides is 2. The van der Waals surface area contributed by atoms with Crippen molar-refractivity contribution in [2.24, 2.45) is 0 Å². The zero-order chi connectivity index (χ0) is 9.14. The molecule has 2 nitrogen and oxygen atoms in total. The predicted octanol–water partition coefficient (Wildman–Crippen LogP) is 2.57. The zero-order valence-corrected chi connectivity index (χ0v) is 5.76.